The molecule has 3 aliphatic heterocycles. The Labute approximate surface area is 290 Å². The molecule has 2 unspecified atom stereocenters. The lowest BCUT2D eigenvalue weighted by Gasteiger charge is -2.47. The van der Waals surface area contributed by atoms with E-state index < -0.39 is 6.04 Å². The summed E-state index contributed by atoms with van der Waals surface area (Å²) in [7, 11) is 0. The fraction of sp³-hybridized carbons (Fsp3) is 0.568. The summed E-state index contributed by atoms with van der Waals surface area (Å²) in [6.07, 6.45) is 2.85. The number of fused-ring (bicyclic) bond motifs is 1. The molecule has 2 atom stereocenters. The molecule has 0 saturated carbocycles. The monoisotopic (exact) mass is 678 g/mol. The molecule has 0 spiro atoms. The van der Waals surface area contributed by atoms with E-state index in [2.05, 4.69) is 35.2 Å². The lowest BCUT2D eigenvalue weighted by molar-refractivity contribution is -0.144. The zero-order valence-electron chi connectivity index (χ0n) is 28.9. The van der Waals surface area contributed by atoms with Crippen molar-refractivity contribution in [2.45, 2.75) is 77.9 Å². The van der Waals surface area contributed by atoms with Gasteiger partial charge in [-0.3, -0.25) is 19.2 Å². The maximum atomic E-state index is 14.2. The van der Waals surface area contributed by atoms with E-state index in [0.717, 1.165) is 68.7 Å². The van der Waals surface area contributed by atoms with E-state index in [1.165, 1.54) is 0 Å². The molecule has 1 N–H and O–H groups in total. The number of hydrogen-bond donors (Lipinski definition) is 1. The van der Waals surface area contributed by atoms with Gasteiger partial charge < -0.3 is 20.0 Å². The molecule has 4 amide bonds. The number of nitrogens with one attached hydrogen (secondary N) is 1. The fourth-order valence-corrected chi connectivity index (χ4v) is 7.60. The van der Waals surface area contributed by atoms with Crippen molar-refractivity contribution in [3.05, 3.63) is 70.2 Å². The summed E-state index contributed by atoms with van der Waals surface area (Å²) < 4.78 is 0. The second-order valence-corrected chi connectivity index (χ2v) is 14.3. The normalized spacial score (nSPS) is 19.7. The van der Waals surface area contributed by atoms with Gasteiger partial charge in [-0.2, -0.15) is 0 Å². The molecule has 2 aromatic rings. The molecule has 260 valence electrons. The number of nitrogens with zero attached hydrogens (tertiary/aromatic N) is 5. The molecule has 5 rings (SSSR count). The molecule has 2 aromatic carbocycles. The predicted molar refractivity (Wildman–Crippen MR) is 187 cm³/mol. The number of amides is 4. The first-order chi connectivity index (χ1) is 23.0. The molecule has 3 aliphatic rings. The van der Waals surface area contributed by atoms with Gasteiger partial charge in [0, 0.05) is 83.7 Å². The summed E-state index contributed by atoms with van der Waals surface area (Å²) in [5.41, 5.74) is 3.05. The predicted octanol–water partition coefficient (Wildman–Crippen LogP) is 3.93. The Kier molecular flexibility index (Phi) is 12.2. The van der Waals surface area contributed by atoms with Gasteiger partial charge >= 0.3 is 0 Å². The molecular weight excluding hydrogens is 628 g/mol. The van der Waals surface area contributed by atoms with Crippen molar-refractivity contribution in [1.82, 2.24) is 30.0 Å². The van der Waals surface area contributed by atoms with Gasteiger partial charge in [-0.05, 0) is 54.0 Å². The molecule has 0 aromatic heterocycles. The van der Waals surface area contributed by atoms with Crippen molar-refractivity contribution in [1.29, 1.82) is 0 Å². The average molecular weight is 679 g/mol. The highest BCUT2D eigenvalue weighted by molar-refractivity contribution is 6.30. The van der Waals surface area contributed by atoms with Gasteiger partial charge in [0.15, 0.2) is 0 Å². The van der Waals surface area contributed by atoms with Crippen molar-refractivity contribution in [2.24, 2.45) is 5.92 Å². The number of piperazine rings is 1. The Bertz CT molecular complexity index is 1440. The number of carbonyl (C=O) groups excluding carboxylic acids is 4. The Balaban J connectivity index is 1.27. The molecule has 3 heterocycles. The molecule has 11 heteroatoms. The van der Waals surface area contributed by atoms with Gasteiger partial charge in [-0.25, -0.2) is 10.0 Å². The van der Waals surface area contributed by atoms with Crippen LogP contribution in [-0.4, -0.2) is 113 Å². The average Bonchev–Trinajstić information content (AvgIpc) is 3.07. The van der Waals surface area contributed by atoms with Gasteiger partial charge in [-0.15, -0.1) is 0 Å². The van der Waals surface area contributed by atoms with E-state index >= 15 is 0 Å². The van der Waals surface area contributed by atoms with Crippen LogP contribution in [-0.2, 0) is 32.0 Å². The quantitative estimate of drug-likeness (QED) is 0.409. The van der Waals surface area contributed by atoms with Crippen LogP contribution in [0.3, 0.4) is 0 Å². The van der Waals surface area contributed by atoms with Crippen LogP contribution in [0.2, 0.25) is 5.02 Å². The lowest BCUT2D eigenvalue weighted by atomic mass is 9.90. The first-order valence-electron chi connectivity index (χ1n) is 17.4. The minimum absolute atomic E-state index is 0.0637. The largest absolute Gasteiger partial charge is 0.344 e. The van der Waals surface area contributed by atoms with Crippen LogP contribution >= 0.6 is 11.6 Å². The SMILES string of the molecule is CC(=O)N1CCN(N(CC(C)C)C2CCN(C(=O)C(Cc3ccc(Cl)cc3)NC(=O)CC3c4ccccc4CCN3C(C)=O)CC2)CC1. The maximum absolute atomic E-state index is 14.2. The molecule has 2 saturated heterocycles. The van der Waals surface area contributed by atoms with Crippen LogP contribution in [0, 0.1) is 5.92 Å². The van der Waals surface area contributed by atoms with Crippen molar-refractivity contribution >= 4 is 35.2 Å². The lowest BCUT2D eigenvalue weighted by Crippen LogP contribution is -2.60. The molecular formula is C37H51ClN6O4. The molecule has 0 aliphatic carbocycles. The summed E-state index contributed by atoms with van der Waals surface area (Å²) in [6, 6.07) is 14.6. The Morgan fingerprint density at radius 2 is 1.52 bits per heavy atom. The molecule has 48 heavy (non-hydrogen) atoms. The highest BCUT2D eigenvalue weighted by Crippen LogP contribution is 2.32. The molecule has 0 radical (unpaired) electrons. The third-order valence-corrected chi connectivity index (χ3v) is 10.2. The van der Waals surface area contributed by atoms with E-state index in [1.54, 1.807) is 30.9 Å². The van der Waals surface area contributed by atoms with Crippen LogP contribution in [0.15, 0.2) is 48.5 Å². The summed E-state index contributed by atoms with van der Waals surface area (Å²) in [6.45, 7) is 13.4. The van der Waals surface area contributed by atoms with Gasteiger partial charge in [0.05, 0.1) is 12.5 Å². The zero-order valence-corrected chi connectivity index (χ0v) is 29.6. The number of likely N-dealkylation sites (tertiary alicyclic amines) is 1. The Hall–Kier alpha value is -3.47. The van der Waals surface area contributed by atoms with Crippen molar-refractivity contribution in [3.8, 4) is 0 Å². The topological polar surface area (TPSA) is 96.5 Å². The minimum atomic E-state index is -0.744. The fourth-order valence-electron chi connectivity index (χ4n) is 7.48. The van der Waals surface area contributed by atoms with Crippen LogP contribution in [0.4, 0.5) is 0 Å². The van der Waals surface area contributed by atoms with E-state index in [4.69, 9.17) is 11.6 Å². The number of benzene rings is 2. The molecule has 2 fully saturated rings. The number of halogens is 1. The van der Waals surface area contributed by atoms with E-state index in [1.807, 2.05) is 40.1 Å². The number of piperidine rings is 1. The van der Waals surface area contributed by atoms with Crippen LogP contribution in [0.5, 0.6) is 0 Å². The summed E-state index contributed by atoms with van der Waals surface area (Å²) in [4.78, 5) is 58.0. The summed E-state index contributed by atoms with van der Waals surface area (Å²) in [5, 5.41) is 8.59. The smallest absolute Gasteiger partial charge is 0.245 e. The van der Waals surface area contributed by atoms with Crippen LogP contribution in [0.1, 0.15) is 69.7 Å². The highest BCUT2D eigenvalue weighted by Gasteiger charge is 2.36. The van der Waals surface area contributed by atoms with Gasteiger partial charge in [0.25, 0.3) is 0 Å². The van der Waals surface area contributed by atoms with Crippen LogP contribution in [0.25, 0.3) is 0 Å². The summed E-state index contributed by atoms with van der Waals surface area (Å²) in [5.74, 6) is 0.195. The van der Waals surface area contributed by atoms with Crippen molar-refractivity contribution in [2.75, 3.05) is 52.4 Å². The van der Waals surface area contributed by atoms with Crippen molar-refractivity contribution in [3.63, 3.8) is 0 Å². The second-order valence-electron chi connectivity index (χ2n) is 13.9. The number of hydrazine groups is 1. The summed E-state index contributed by atoms with van der Waals surface area (Å²) >= 11 is 6.15. The minimum Gasteiger partial charge on any atom is -0.344 e. The third kappa shape index (κ3) is 8.95. The maximum Gasteiger partial charge on any atom is 0.245 e. The number of carbonyl (C=O) groups is 4. The van der Waals surface area contributed by atoms with Crippen LogP contribution < -0.4 is 5.32 Å². The highest BCUT2D eigenvalue weighted by atomic mass is 35.5. The molecule has 0 bridgehead atoms. The first-order valence-corrected chi connectivity index (χ1v) is 17.8. The second kappa shape index (κ2) is 16.3. The third-order valence-electron chi connectivity index (χ3n) is 10.00. The van der Waals surface area contributed by atoms with E-state index in [-0.39, 0.29) is 36.1 Å². The first kappa shape index (κ1) is 35.8. The molecule has 10 nitrogen and oxygen atoms in total. The Morgan fingerprint density at radius 1 is 0.854 bits per heavy atom. The van der Waals surface area contributed by atoms with Crippen molar-refractivity contribution < 1.29 is 19.2 Å². The van der Waals surface area contributed by atoms with Gasteiger partial charge in [-0.1, -0.05) is 61.8 Å². The Morgan fingerprint density at radius 3 is 2.15 bits per heavy atom. The number of rotatable bonds is 10. The van der Waals surface area contributed by atoms with E-state index in [9.17, 15) is 19.2 Å². The van der Waals surface area contributed by atoms with Gasteiger partial charge in [0.1, 0.15) is 6.04 Å². The standard InChI is InChI=1S/C37H51ClN6O4/c1-26(2)25-44(42-21-19-40(20-22-42)27(3)45)32-14-16-41(17-15-32)37(48)34(23-29-9-11-31(38)12-10-29)39-36(47)24-35-33-8-6-5-7-30(33)13-18-43(35)28(4)46/h5-12,26,32,34-35H,13-25H2,1-4H3,(H,39,47). The number of hydrogen-bond acceptors (Lipinski definition) is 6. The van der Waals surface area contributed by atoms with Gasteiger partial charge in [0.2, 0.25) is 23.6 Å². The van der Waals surface area contributed by atoms with E-state index in [0.29, 0.717) is 43.0 Å². The zero-order chi connectivity index (χ0) is 34.4.